The molecule has 1 fully saturated rings. The second kappa shape index (κ2) is 9.70. The van der Waals surface area contributed by atoms with Crippen LogP contribution in [0.3, 0.4) is 0 Å². The van der Waals surface area contributed by atoms with E-state index < -0.39 is 0 Å². The van der Waals surface area contributed by atoms with Crippen LogP contribution in [0, 0.1) is 17.2 Å². The fourth-order valence-corrected chi connectivity index (χ4v) is 4.05. The van der Waals surface area contributed by atoms with Gasteiger partial charge in [-0.25, -0.2) is 0 Å². The summed E-state index contributed by atoms with van der Waals surface area (Å²) < 4.78 is 11.9. The van der Waals surface area contributed by atoms with Gasteiger partial charge in [0, 0.05) is 5.39 Å². The van der Waals surface area contributed by atoms with Crippen molar-refractivity contribution in [3.8, 4) is 17.6 Å². The predicted octanol–water partition coefficient (Wildman–Crippen LogP) is 4.87. The van der Waals surface area contributed by atoms with Crippen molar-refractivity contribution in [2.75, 3.05) is 13.1 Å². The summed E-state index contributed by atoms with van der Waals surface area (Å²) in [6, 6.07) is 13.2. The Morgan fingerprint density at radius 2 is 2.00 bits per heavy atom. The van der Waals surface area contributed by atoms with E-state index in [1.807, 2.05) is 31.2 Å². The van der Waals surface area contributed by atoms with Crippen molar-refractivity contribution in [3.63, 3.8) is 0 Å². The van der Waals surface area contributed by atoms with E-state index in [2.05, 4.69) is 29.7 Å². The maximum atomic E-state index is 8.99. The van der Waals surface area contributed by atoms with Crippen molar-refractivity contribution in [2.24, 2.45) is 5.92 Å². The van der Waals surface area contributed by atoms with Gasteiger partial charge in [0.2, 0.25) is 0 Å². The van der Waals surface area contributed by atoms with Crippen LogP contribution >= 0.6 is 0 Å². The molecule has 0 radical (unpaired) electrons. The number of hydrogen-bond donors (Lipinski definition) is 0. The quantitative estimate of drug-likeness (QED) is 0.428. The average Bonchev–Trinajstić information content (AvgIpc) is 3.21. The molecule has 1 aromatic heterocycles. The van der Waals surface area contributed by atoms with E-state index in [0.717, 1.165) is 41.0 Å². The number of allylic oxidation sites excluding steroid dienone is 1. The van der Waals surface area contributed by atoms with Crippen molar-refractivity contribution < 1.29 is 9.26 Å². The molecule has 4 rings (SSSR count). The molecule has 5 nitrogen and oxygen atoms in total. The van der Waals surface area contributed by atoms with Crippen LogP contribution in [0.5, 0.6) is 11.5 Å². The van der Waals surface area contributed by atoms with Gasteiger partial charge in [0.1, 0.15) is 11.5 Å². The monoisotopic (exact) mass is 411 g/mol. The first-order valence-electron chi connectivity index (χ1n) is 10.8. The first kappa shape index (κ1) is 21.0. The number of hydrogen-bond acceptors (Lipinski definition) is 5. The van der Waals surface area contributed by atoms with Crippen LogP contribution in [0.1, 0.15) is 43.0 Å². The Kier molecular flexibility index (Phi) is 6.57. The first-order valence-corrected chi connectivity index (χ1v) is 10.8. The Morgan fingerprint density at radius 3 is 2.71 bits per heavy atom. The van der Waals surface area contributed by atoms with Gasteiger partial charge in [-0.2, -0.15) is 5.26 Å². The van der Waals surface area contributed by atoms with Crippen molar-refractivity contribution in [1.82, 2.24) is 9.97 Å². The fourth-order valence-electron chi connectivity index (χ4n) is 4.05. The molecule has 0 bridgehead atoms. The second-order valence-electron chi connectivity index (χ2n) is 8.11. The molecule has 2 aromatic carbocycles. The molecule has 1 aliphatic rings. The summed E-state index contributed by atoms with van der Waals surface area (Å²) in [7, 11) is 2.19. The number of nitriles is 1. The molecule has 3 aromatic rings. The summed E-state index contributed by atoms with van der Waals surface area (Å²) in [4.78, 5) is 2.40. The lowest BCUT2D eigenvalue weighted by molar-refractivity contribution is 0.270. The van der Waals surface area contributed by atoms with Crippen LogP contribution in [0.15, 0.2) is 52.7 Å². The number of piperidine rings is 1. The maximum absolute atomic E-state index is 8.99. The van der Waals surface area contributed by atoms with Crippen molar-refractivity contribution in [1.29, 1.82) is 5.26 Å². The lowest BCUT2D eigenvalue weighted by atomic mass is 9.90. The lowest BCUT2D eigenvalue weighted by Crippen LogP contribution is -2.31. The zero-order valence-corrected chi connectivity index (χ0v) is 18.1. The Bertz CT molecular complexity index is 1150. The number of benzene rings is 2. The molecule has 156 valence electrons. The van der Waals surface area contributed by atoms with E-state index in [1.165, 1.54) is 25.9 Å². The number of aromatic nitrogens is 1. The van der Waals surface area contributed by atoms with E-state index in [-0.39, 0.29) is 0 Å². The maximum Gasteiger partial charge on any atom is 0.185 e. The standard InChI is InChI=1S/C25H26BN3O2/c1-2-3-4-22-24(30-20-8-5-19(17-27)6-9-20)12-10-21-23(28-31-25(21)22)11-7-18-13-15-29(26)16-14-18/h2,4-6,8-10,12,18H,7,11,13-16,26H2,1H3. The number of nitrogens with zero attached hydrogens (tertiary/aromatic N) is 3. The highest BCUT2D eigenvalue weighted by molar-refractivity contribution is 6.04. The SMILES string of the molecule is BN1CCC(CCc2noc3c(C=C=CC)c(Oc4ccc(C#N)cc4)ccc23)CC1. The van der Waals surface area contributed by atoms with Crippen LogP contribution in [0.2, 0.25) is 0 Å². The zero-order chi connectivity index (χ0) is 21.6. The zero-order valence-electron chi connectivity index (χ0n) is 18.1. The number of ether oxygens (including phenoxy) is 1. The van der Waals surface area contributed by atoms with Crippen LogP contribution in [-0.2, 0) is 6.42 Å². The Balaban J connectivity index is 1.59. The van der Waals surface area contributed by atoms with Gasteiger partial charge in [-0.1, -0.05) is 5.16 Å². The highest BCUT2D eigenvalue weighted by Crippen LogP contribution is 2.35. The van der Waals surface area contributed by atoms with Crippen molar-refractivity contribution >= 4 is 25.0 Å². The average molecular weight is 411 g/mol. The molecule has 0 saturated carbocycles. The Morgan fingerprint density at radius 1 is 1.23 bits per heavy atom. The number of aryl methyl sites for hydroxylation is 1. The molecule has 0 amide bonds. The summed E-state index contributed by atoms with van der Waals surface area (Å²) >= 11 is 0. The van der Waals surface area contributed by atoms with E-state index in [4.69, 9.17) is 14.5 Å². The largest absolute Gasteiger partial charge is 0.457 e. The van der Waals surface area contributed by atoms with E-state index in [1.54, 1.807) is 24.3 Å². The second-order valence-corrected chi connectivity index (χ2v) is 8.11. The topological polar surface area (TPSA) is 62.3 Å². The smallest absolute Gasteiger partial charge is 0.185 e. The third-order valence-electron chi connectivity index (χ3n) is 5.95. The summed E-state index contributed by atoms with van der Waals surface area (Å²) in [6.07, 6.45) is 8.28. The first-order chi connectivity index (χ1) is 15.2. The molecule has 0 unspecified atom stereocenters. The van der Waals surface area contributed by atoms with Gasteiger partial charge in [-0.3, -0.25) is 0 Å². The molecule has 0 atom stereocenters. The van der Waals surface area contributed by atoms with Gasteiger partial charge in [0.25, 0.3) is 0 Å². The van der Waals surface area contributed by atoms with Crippen LogP contribution in [0.25, 0.3) is 17.0 Å². The van der Waals surface area contributed by atoms with Crippen molar-refractivity contribution in [3.05, 3.63) is 65.0 Å². The summed E-state index contributed by atoms with van der Waals surface area (Å²) in [6.45, 7) is 4.28. The highest BCUT2D eigenvalue weighted by atomic mass is 16.5. The van der Waals surface area contributed by atoms with Crippen LogP contribution < -0.4 is 4.74 Å². The minimum atomic E-state index is 0.598. The molecule has 1 saturated heterocycles. The van der Waals surface area contributed by atoms with Gasteiger partial charge in [0.15, 0.2) is 13.6 Å². The number of rotatable bonds is 6. The Labute approximate surface area is 184 Å². The van der Waals surface area contributed by atoms with Gasteiger partial charge >= 0.3 is 0 Å². The van der Waals surface area contributed by atoms with Gasteiger partial charge < -0.3 is 14.1 Å². The van der Waals surface area contributed by atoms with Crippen LogP contribution in [-0.4, -0.2) is 31.0 Å². The minimum Gasteiger partial charge on any atom is -0.457 e. The Hall–Kier alpha value is -3.26. The van der Waals surface area contributed by atoms with Crippen LogP contribution in [0.4, 0.5) is 0 Å². The summed E-state index contributed by atoms with van der Waals surface area (Å²) in [5.74, 6) is 2.09. The van der Waals surface area contributed by atoms with Gasteiger partial charge in [-0.05, 0) is 100 Å². The molecule has 0 aliphatic carbocycles. The van der Waals surface area contributed by atoms with E-state index >= 15 is 0 Å². The fraction of sp³-hybridized carbons (Fsp3) is 0.320. The van der Waals surface area contributed by atoms with E-state index in [0.29, 0.717) is 17.1 Å². The van der Waals surface area contributed by atoms with Crippen molar-refractivity contribution in [2.45, 2.75) is 32.6 Å². The molecule has 1 aliphatic heterocycles. The van der Waals surface area contributed by atoms with Gasteiger partial charge in [0.05, 0.1) is 22.9 Å². The molecule has 0 N–H and O–H groups in total. The summed E-state index contributed by atoms with van der Waals surface area (Å²) in [5.41, 5.74) is 6.28. The third-order valence-corrected chi connectivity index (χ3v) is 5.95. The molecule has 6 heteroatoms. The number of fused-ring (bicyclic) bond motifs is 1. The molecule has 31 heavy (non-hydrogen) atoms. The predicted molar refractivity (Wildman–Crippen MR) is 125 cm³/mol. The molecule has 2 heterocycles. The molecule has 0 spiro atoms. The minimum absolute atomic E-state index is 0.598. The third kappa shape index (κ3) is 4.91. The molecular weight excluding hydrogens is 385 g/mol. The molecular formula is C25H26BN3O2. The normalized spacial score (nSPS) is 14.7. The van der Waals surface area contributed by atoms with E-state index in [9.17, 15) is 0 Å². The highest BCUT2D eigenvalue weighted by Gasteiger charge is 2.19. The van der Waals surface area contributed by atoms with Gasteiger partial charge in [-0.15, -0.1) is 5.73 Å². The lowest BCUT2D eigenvalue weighted by Gasteiger charge is -2.29. The summed E-state index contributed by atoms with van der Waals surface area (Å²) in [5, 5.41) is 14.4.